The number of nitrogens with one attached hydrogen (secondary N) is 1. The maximum atomic E-state index is 13.4. The van der Waals surface area contributed by atoms with E-state index in [2.05, 4.69) is 65.1 Å². The Bertz CT molecular complexity index is 2150. The van der Waals surface area contributed by atoms with Crippen molar-refractivity contribution < 1.29 is 19.2 Å². The SMILES string of the molecule is C[C@H]1CC2(CCN(c3ccc(CN4CCN(C5CCN(c6ccc7c(c6)C(=O)N(C6CCC(=O)NC6=O)C7=O)CC5)CC4)nn3)CC2)CN1c1ccc(C#N)c(Cl)c1. The Hall–Kier alpha value is -5.10. The summed E-state index contributed by atoms with van der Waals surface area (Å²) in [5, 5.41) is 21.4. The lowest BCUT2D eigenvalue weighted by Gasteiger charge is -2.43. The first kappa shape index (κ1) is 38.4. The highest BCUT2D eigenvalue weighted by atomic mass is 35.5. The maximum absolute atomic E-state index is 13.4. The number of hydrogen-bond donors (Lipinski definition) is 1. The second-order valence-corrected chi connectivity index (χ2v) is 17.4. The fourth-order valence-corrected chi connectivity index (χ4v) is 10.5. The number of amides is 4. The first-order valence-electron chi connectivity index (χ1n) is 20.7. The van der Waals surface area contributed by atoms with Crippen LogP contribution in [0, 0.1) is 16.7 Å². The molecule has 7 heterocycles. The minimum atomic E-state index is -0.962. The number of carbonyl (C=O) groups excluding carboxylic acids is 4. The highest BCUT2D eigenvalue weighted by molar-refractivity contribution is 6.32. The number of benzene rings is 2. The van der Waals surface area contributed by atoms with Crippen LogP contribution in [0.4, 0.5) is 17.2 Å². The number of fused-ring (bicyclic) bond motifs is 1. The van der Waals surface area contributed by atoms with Gasteiger partial charge in [-0.1, -0.05) is 11.6 Å². The Balaban J connectivity index is 0.720. The van der Waals surface area contributed by atoms with Gasteiger partial charge in [-0.15, -0.1) is 5.10 Å². The number of piperidine rings is 3. The summed E-state index contributed by atoms with van der Waals surface area (Å²) in [6.45, 7) is 11.7. The van der Waals surface area contributed by atoms with Crippen LogP contribution in [0.5, 0.6) is 0 Å². The molecule has 0 saturated carbocycles. The topological polar surface area (TPSA) is 149 Å². The van der Waals surface area contributed by atoms with Gasteiger partial charge in [0.15, 0.2) is 5.82 Å². The molecule has 1 spiro atoms. The second-order valence-electron chi connectivity index (χ2n) is 17.0. The van der Waals surface area contributed by atoms with Crippen molar-refractivity contribution in [3.8, 4) is 6.07 Å². The lowest BCUT2D eigenvalue weighted by molar-refractivity contribution is -0.136. The van der Waals surface area contributed by atoms with E-state index in [1.54, 1.807) is 12.1 Å². The van der Waals surface area contributed by atoms with Crippen LogP contribution in [0.1, 0.15) is 83.8 Å². The standard InChI is InChI=1S/C43H49ClN10O4/c1-28-24-43(27-53(28)33-4-2-29(25-45)36(44)23-33)12-16-52(17-13-43)38-8-3-30(47-48-38)26-49-18-20-51(21-19-49)31-10-14-50(15-11-31)32-5-6-34-35(22-32)42(58)54(41(34)57)37-7-9-39(55)46-40(37)56/h2-6,8,22-23,28,31,37H,7,9-21,24,26-27H2,1H3,(H,46,55,56)/t28-,37?/m0/s1. The summed E-state index contributed by atoms with van der Waals surface area (Å²) in [7, 11) is 0. The van der Waals surface area contributed by atoms with E-state index in [9.17, 15) is 24.4 Å². The summed E-state index contributed by atoms with van der Waals surface area (Å²) in [5.41, 5.74) is 4.41. The van der Waals surface area contributed by atoms with E-state index in [4.69, 9.17) is 11.6 Å². The Morgan fingerprint density at radius 1 is 0.828 bits per heavy atom. The molecule has 2 atom stereocenters. The smallest absolute Gasteiger partial charge is 0.262 e. The average Bonchev–Trinajstić information content (AvgIpc) is 3.69. The van der Waals surface area contributed by atoms with E-state index in [-0.39, 0.29) is 24.2 Å². The molecule has 2 aromatic carbocycles. The number of piperazine rings is 1. The molecule has 58 heavy (non-hydrogen) atoms. The van der Waals surface area contributed by atoms with Crippen molar-refractivity contribution in [2.45, 2.75) is 76.5 Å². The van der Waals surface area contributed by atoms with E-state index in [0.29, 0.717) is 33.8 Å². The summed E-state index contributed by atoms with van der Waals surface area (Å²) in [6, 6.07) is 17.6. The van der Waals surface area contributed by atoms with Crippen molar-refractivity contribution in [3.05, 3.63) is 75.9 Å². The van der Waals surface area contributed by atoms with E-state index >= 15 is 0 Å². The lowest BCUT2D eigenvalue weighted by Crippen LogP contribution is -2.54. The number of imide groups is 2. The normalized spacial score (nSPS) is 24.4. The van der Waals surface area contributed by atoms with Gasteiger partial charge in [0.2, 0.25) is 11.8 Å². The number of rotatable bonds is 7. The molecule has 5 fully saturated rings. The Kier molecular flexibility index (Phi) is 10.3. The molecule has 6 aliphatic rings. The second kappa shape index (κ2) is 15.6. The molecular weight excluding hydrogens is 756 g/mol. The zero-order chi connectivity index (χ0) is 40.1. The molecular formula is C43H49ClN10O4. The highest BCUT2D eigenvalue weighted by Gasteiger charge is 2.46. The van der Waals surface area contributed by atoms with Gasteiger partial charge in [0.1, 0.15) is 12.1 Å². The van der Waals surface area contributed by atoms with Crippen molar-refractivity contribution in [1.29, 1.82) is 5.26 Å². The van der Waals surface area contributed by atoms with E-state index in [0.717, 1.165) is 125 Å². The molecule has 0 radical (unpaired) electrons. The molecule has 1 N–H and O–H groups in total. The molecule has 0 bridgehead atoms. The van der Waals surface area contributed by atoms with Crippen molar-refractivity contribution in [2.24, 2.45) is 5.41 Å². The van der Waals surface area contributed by atoms with Crippen LogP contribution >= 0.6 is 11.6 Å². The van der Waals surface area contributed by atoms with E-state index in [1.807, 2.05) is 24.3 Å². The van der Waals surface area contributed by atoms with Crippen LogP contribution in [0.25, 0.3) is 0 Å². The largest absolute Gasteiger partial charge is 0.371 e. The van der Waals surface area contributed by atoms with Crippen molar-refractivity contribution in [3.63, 3.8) is 0 Å². The predicted molar refractivity (Wildman–Crippen MR) is 219 cm³/mol. The third-order valence-corrected chi connectivity index (χ3v) is 13.9. The quantitative estimate of drug-likeness (QED) is 0.343. The first-order chi connectivity index (χ1) is 28.1. The van der Waals surface area contributed by atoms with Gasteiger partial charge in [0.25, 0.3) is 11.8 Å². The van der Waals surface area contributed by atoms with Crippen LogP contribution in [0.2, 0.25) is 5.02 Å². The van der Waals surface area contributed by atoms with Gasteiger partial charge < -0.3 is 14.7 Å². The van der Waals surface area contributed by atoms with Crippen molar-refractivity contribution in [2.75, 3.05) is 73.6 Å². The van der Waals surface area contributed by atoms with Gasteiger partial charge in [-0.2, -0.15) is 10.4 Å². The summed E-state index contributed by atoms with van der Waals surface area (Å²) in [4.78, 5) is 63.8. The van der Waals surface area contributed by atoms with Gasteiger partial charge in [-0.25, -0.2) is 0 Å². The summed E-state index contributed by atoms with van der Waals surface area (Å²) >= 11 is 6.38. The van der Waals surface area contributed by atoms with Gasteiger partial charge in [-0.3, -0.25) is 39.2 Å². The summed E-state index contributed by atoms with van der Waals surface area (Å²) in [5.74, 6) is -0.978. The van der Waals surface area contributed by atoms with Crippen LogP contribution in [-0.4, -0.2) is 126 Å². The number of hydrogen-bond acceptors (Lipinski definition) is 12. The zero-order valence-electron chi connectivity index (χ0n) is 32.9. The minimum Gasteiger partial charge on any atom is -0.371 e. The molecule has 9 rings (SSSR count). The average molecular weight is 805 g/mol. The molecule has 302 valence electrons. The number of aromatic nitrogens is 2. The maximum Gasteiger partial charge on any atom is 0.262 e. The molecule has 6 aliphatic heterocycles. The van der Waals surface area contributed by atoms with Crippen molar-refractivity contribution >= 4 is 52.4 Å². The van der Waals surface area contributed by atoms with Crippen LogP contribution in [0.3, 0.4) is 0 Å². The van der Waals surface area contributed by atoms with E-state index in [1.165, 1.54) is 0 Å². The van der Waals surface area contributed by atoms with Gasteiger partial charge in [0, 0.05) is 95.3 Å². The molecule has 0 aliphatic carbocycles. The minimum absolute atomic E-state index is 0.101. The third-order valence-electron chi connectivity index (χ3n) is 13.6. The Labute approximate surface area is 343 Å². The fraction of sp³-hybridized carbons (Fsp3) is 0.512. The predicted octanol–water partition coefficient (Wildman–Crippen LogP) is 4.07. The Morgan fingerprint density at radius 2 is 1.57 bits per heavy atom. The molecule has 1 unspecified atom stereocenters. The number of nitriles is 1. The Morgan fingerprint density at radius 3 is 2.26 bits per heavy atom. The van der Waals surface area contributed by atoms with Gasteiger partial charge in [0.05, 0.1) is 27.4 Å². The zero-order valence-corrected chi connectivity index (χ0v) is 33.7. The number of halogens is 1. The molecule has 4 amide bonds. The number of carbonyl (C=O) groups is 4. The fourth-order valence-electron chi connectivity index (χ4n) is 10.3. The summed E-state index contributed by atoms with van der Waals surface area (Å²) in [6.07, 6.45) is 5.63. The van der Waals surface area contributed by atoms with Crippen LogP contribution in [0.15, 0.2) is 48.5 Å². The number of anilines is 3. The highest BCUT2D eigenvalue weighted by Crippen LogP contribution is 2.46. The van der Waals surface area contributed by atoms with Crippen molar-refractivity contribution in [1.82, 2.24) is 30.2 Å². The monoisotopic (exact) mass is 804 g/mol. The molecule has 14 nitrogen and oxygen atoms in total. The molecule has 5 saturated heterocycles. The van der Waals surface area contributed by atoms with Crippen LogP contribution < -0.4 is 20.0 Å². The lowest BCUT2D eigenvalue weighted by atomic mass is 9.77. The first-order valence-corrected chi connectivity index (χ1v) is 21.1. The van der Waals surface area contributed by atoms with Crippen LogP contribution in [-0.2, 0) is 16.1 Å². The van der Waals surface area contributed by atoms with Gasteiger partial charge in [-0.05, 0) is 99.4 Å². The summed E-state index contributed by atoms with van der Waals surface area (Å²) < 4.78 is 0. The molecule has 1 aromatic heterocycles. The molecule has 3 aromatic rings. The molecule has 15 heteroatoms. The third kappa shape index (κ3) is 7.28. The number of nitrogens with zero attached hydrogens (tertiary/aromatic N) is 9. The van der Waals surface area contributed by atoms with E-state index < -0.39 is 23.8 Å². The van der Waals surface area contributed by atoms with Gasteiger partial charge >= 0.3 is 0 Å².